The monoisotopic (exact) mass is 320 g/mol. The first kappa shape index (κ1) is 13.9. The topological polar surface area (TPSA) is 17.1 Å². The summed E-state index contributed by atoms with van der Waals surface area (Å²) in [4.78, 5) is 13.6. The van der Waals surface area contributed by atoms with Gasteiger partial charge < -0.3 is 0 Å². The van der Waals surface area contributed by atoms with Gasteiger partial charge in [0, 0.05) is 20.4 Å². The lowest BCUT2D eigenvalue weighted by atomic mass is 10.2. The summed E-state index contributed by atoms with van der Waals surface area (Å²) in [7, 11) is 0. The van der Waals surface area contributed by atoms with Crippen molar-refractivity contribution in [3.8, 4) is 0 Å². The van der Waals surface area contributed by atoms with Gasteiger partial charge >= 0.3 is 0 Å². The van der Waals surface area contributed by atoms with Gasteiger partial charge in [-0.15, -0.1) is 23.1 Å². The van der Waals surface area contributed by atoms with Crippen molar-refractivity contribution in [2.45, 2.75) is 18.2 Å². The van der Waals surface area contributed by atoms with Gasteiger partial charge in [-0.2, -0.15) is 0 Å². The first-order valence-corrected chi connectivity index (χ1v) is 8.67. The normalized spacial score (nSPS) is 11.3. The third-order valence-electron chi connectivity index (χ3n) is 3.11. The molecule has 1 aromatic heterocycles. The molecule has 0 aliphatic heterocycles. The zero-order chi connectivity index (χ0) is 14.1. The first-order valence-electron chi connectivity index (χ1n) is 6.49. The minimum absolute atomic E-state index is 0.0725. The van der Waals surface area contributed by atoms with Crippen LogP contribution in [0.3, 0.4) is 0 Å². The number of halogens is 1. The molecule has 0 saturated heterocycles. The maximum Gasteiger partial charge on any atom is 0.195 e. The van der Waals surface area contributed by atoms with E-state index in [-0.39, 0.29) is 5.43 Å². The molecule has 0 amide bonds. The third kappa shape index (κ3) is 2.34. The van der Waals surface area contributed by atoms with Crippen molar-refractivity contribution < 1.29 is 0 Å². The minimum Gasteiger partial charge on any atom is -0.289 e. The van der Waals surface area contributed by atoms with Crippen molar-refractivity contribution in [3.05, 3.63) is 51.6 Å². The molecule has 0 aliphatic carbocycles. The third-order valence-corrected chi connectivity index (χ3v) is 6.20. The first-order chi connectivity index (χ1) is 9.72. The summed E-state index contributed by atoms with van der Waals surface area (Å²) >= 11 is 9.84. The molecule has 0 N–H and O–H groups in total. The van der Waals surface area contributed by atoms with Crippen molar-refractivity contribution in [2.24, 2.45) is 0 Å². The summed E-state index contributed by atoms with van der Waals surface area (Å²) in [6, 6.07) is 11.6. The number of hydrogen-bond donors (Lipinski definition) is 0. The van der Waals surface area contributed by atoms with Crippen LogP contribution in [0.5, 0.6) is 0 Å². The second-order valence-corrected chi connectivity index (χ2v) is 7.10. The molecule has 0 spiro atoms. The van der Waals surface area contributed by atoms with Gasteiger partial charge in [-0.05, 0) is 36.4 Å². The Bertz CT molecular complexity index is 839. The van der Waals surface area contributed by atoms with Gasteiger partial charge in [0.25, 0.3) is 0 Å². The Hall–Kier alpha value is -1.03. The number of hydrogen-bond acceptors (Lipinski definition) is 3. The van der Waals surface area contributed by atoms with E-state index in [1.165, 1.54) is 0 Å². The summed E-state index contributed by atoms with van der Waals surface area (Å²) in [5.74, 6) is 1.04. The molecule has 1 heterocycles. The van der Waals surface area contributed by atoms with Crippen LogP contribution in [0.15, 0.2) is 46.1 Å². The molecule has 3 aromatic rings. The van der Waals surface area contributed by atoms with Crippen LogP contribution in [0, 0.1) is 0 Å². The van der Waals surface area contributed by atoms with Gasteiger partial charge in [0.1, 0.15) is 0 Å². The number of rotatable bonds is 3. The molecule has 0 atom stereocenters. The molecular weight excluding hydrogens is 308 g/mol. The highest BCUT2D eigenvalue weighted by molar-refractivity contribution is 7.99. The predicted octanol–water partition coefficient (Wildman–Crippen LogP) is 5.57. The highest BCUT2D eigenvalue weighted by Gasteiger charge is 2.11. The average molecular weight is 321 g/mol. The summed E-state index contributed by atoms with van der Waals surface area (Å²) in [5, 5.41) is 2.21. The maximum absolute atomic E-state index is 12.5. The zero-order valence-corrected chi connectivity index (χ0v) is 13.4. The second-order valence-electron chi connectivity index (χ2n) is 4.53. The van der Waals surface area contributed by atoms with Crippen LogP contribution in [0.4, 0.5) is 0 Å². The molecular formula is C16H13ClOS2. The van der Waals surface area contributed by atoms with Crippen LogP contribution < -0.4 is 5.43 Å². The van der Waals surface area contributed by atoms with Crippen molar-refractivity contribution in [1.29, 1.82) is 0 Å². The molecule has 0 fully saturated rings. The predicted molar refractivity (Wildman–Crippen MR) is 91.6 cm³/mol. The van der Waals surface area contributed by atoms with E-state index in [0.717, 1.165) is 37.2 Å². The van der Waals surface area contributed by atoms with Crippen molar-refractivity contribution in [2.75, 3.05) is 5.75 Å². The highest BCUT2D eigenvalue weighted by atomic mass is 35.5. The van der Waals surface area contributed by atoms with E-state index in [2.05, 4.69) is 6.92 Å². The molecule has 102 valence electrons. The quantitative estimate of drug-likeness (QED) is 0.463. The Labute approximate surface area is 130 Å². The van der Waals surface area contributed by atoms with E-state index in [1.54, 1.807) is 23.1 Å². The fourth-order valence-electron chi connectivity index (χ4n) is 2.14. The van der Waals surface area contributed by atoms with Gasteiger partial charge in [-0.1, -0.05) is 30.7 Å². The maximum atomic E-state index is 12.5. The van der Waals surface area contributed by atoms with Crippen LogP contribution in [-0.4, -0.2) is 5.75 Å². The Kier molecular flexibility index (Phi) is 4.01. The van der Waals surface area contributed by atoms with Crippen molar-refractivity contribution in [1.82, 2.24) is 0 Å². The van der Waals surface area contributed by atoms with Crippen molar-refractivity contribution >= 4 is 54.9 Å². The Morgan fingerprint density at radius 2 is 1.95 bits per heavy atom. The number of fused-ring (bicyclic) bond motifs is 2. The smallest absolute Gasteiger partial charge is 0.195 e. The van der Waals surface area contributed by atoms with Crippen LogP contribution in [-0.2, 0) is 0 Å². The van der Waals surface area contributed by atoms with E-state index in [4.69, 9.17) is 11.6 Å². The minimum atomic E-state index is 0.0725. The van der Waals surface area contributed by atoms with Gasteiger partial charge in [0.15, 0.2) is 5.43 Å². The van der Waals surface area contributed by atoms with E-state index in [0.29, 0.717) is 5.02 Å². The Balaban J connectivity index is 2.32. The van der Waals surface area contributed by atoms with E-state index in [9.17, 15) is 4.79 Å². The van der Waals surface area contributed by atoms with E-state index in [1.807, 2.05) is 36.4 Å². The number of thioether (sulfide) groups is 1. The molecule has 3 rings (SSSR count). The number of benzene rings is 2. The fourth-order valence-corrected chi connectivity index (χ4v) is 4.57. The van der Waals surface area contributed by atoms with Gasteiger partial charge in [0.2, 0.25) is 0 Å². The molecule has 2 aromatic carbocycles. The average Bonchev–Trinajstić information content (AvgIpc) is 2.48. The molecule has 0 saturated carbocycles. The molecule has 4 heteroatoms. The van der Waals surface area contributed by atoms with E-state index >= 15 is 0 Å². The van der Waals surface area contributed by atoms with Gasteiger partial charge in [0.05, 0.1) is 9.72 Å². The standard InChI is InChI=1S/C16H13ClOS2/c1-2-9-19-13-8-7-11-15(18)10-5-3-4-6-12(10)20-16(11)14(13)17/h3-8H,2,9H2,1H3. The fraction of sp³-hybridized carbons (Fsp3) is 0.188. The van der Waals surface area contributed by atoms with Gasteiger partial charge in [-0.25, -0.2) is 0 Å². The lowest BCUT2D eigenvalue weighted by molar-refractivity contribution is 1.10. The molecule has 0 radical (unpaired) electrons. The molecule has 1 nitrogen and oxygen atoms in total. The summed E-state index contributed by atoms with van der Waals surface area (Å²) < 4.78 is 1.89. The van der Waals surface area contributed by atoms with Crippen LogP contribution >= 0.6 is 34.7 Å². The molecule has 0 aliphatic rings. The Morgan fingerprint density at radius 1 is 1.15 bits per heavy atom. The van der Waals surface area contributed by atoms with E-state index < -0.39 is 0 Å². The SMILES string of the molecule is CCCSc1ccc2c(=O)c3ccccc3sc2c1Cl. The molecule has 0 bridgehead atoms. The van der Waals surface area contributed by atoms with Crippen LogP contribution in [0.25, 0.3) is 20.2 Å². The van der Waals surface area contributed by atoms with Crippen LogP contribution in [0.1, 0.15) is 13.3 Å². The Morgan fingerprint density at radius 3 is 2.75 bits per heavy atom. The molecule has 20 heavy (non-hydrogen) atoms. The van der Waals surface area contributed by atoms with Crippen LogP contribution in [0.2, 0.25) is 5.02 Å². The highest BCUT2D eigenvalue weighted by Crippen LogP contribution is 2.37. The summed E-state index contributed by atoms with van der Waals surface area (Å²) in [6.45, 7) is 2.15. The lowest BCUT2D eigenvalue weighted by Crippen LogP contribution is -2.01. The van der Waals surface area contributed by atoms with Crippen molar-refractivity contribution in [3.63, 3.8) is 0 Å². The molecule has 0 unspecified atom stereocenters. The second kappa shape index (κ2) is 5.76. The zero-order valence-electron chi connectivity index (χ0n) is 11.0. The summed E-state index contributed by atoms with van der Waals surface area (Å²) in [5.41, 5.74) is 0.0725. The summed E-state index contributed by atoms with van der Waals surface area (Å²) in [6.07, 6.45) is 1.10. The largest absolute Gasteiger partial charge is 0.289 e. The van der Waals surface area contributed by atoms with Gasteiger partial charge in [-0.3, -0.25) is 4.79 Å². The lowest BCUT2D eigenvalue weighted by Gasteiger charge is -2.07.